The summed E-state index contributed by atoms with van der Waals surface area (Å²) >= 11 is 0. The van der Waals surface area contributed by atoms with Crippen LogP contribution in [0.4, 0.5) is 11.8 Å². The van der Waals surface area contributed by atoms with E-state index in [1.165, 1.54) is 27.1 Å². The van der Waals surface area contributed by atoms with Crippen LogP contribution >= 0.6 is 0 Å². The number of rotatable bonds is 14. The zero-order valence-electron chi connectivity index (χ0n) is 29.8. The average molecular weight is 736 g/mol. The lowest BCUT2D eigenvalue weighted by molar-refractivity contribution is -0.137. The Hall–Kier alpha value is -5.86. The normalized spacial score (nSPS) is 18.5. The highest BCUT2D eigenvalue weighted by Gasteiger charge is 2.47. The minimum Gasteiger partial charge on any atom is -0.493 e. The van der Waals surface area contributed by atoms with Gasteiger partial charge in [-0.2, -0.15) is 9.97 Å². The molecular formula is C33H41N11O9. The fraction of sp³-hybridized carbons (Fsp3) is 0.455. The Bertz CT molecular complexity index is 2310. The molecule has 0 bridgehead atoms. The molecule has 1 amide bonds. The number of methoxy groups -OCH3 is 1. The Morgan fingerprint density at radius 3 is 2.47 bits per heavy atom. The molecule has 5 aromatic rings. The lowest BCUT2D eigenvalue weighted by Gasteiger charge is -2.17. The number of likely N-dealkylation sites (N-methyl/N-ethyl adjacent to an activating group) is 1. The zero-order chi connectivity index (χ0) is 38.1. The molecule has 1 saturated heterocycles. The van der Waals surface area contributed by atoms with Crippen LogP contribution in [0, 0.1) is 0 Å². The van der Waals surface area contributed by atoms with Crippen LogP contribution in [-0.4, -0.2) is 105 Å². The number of hydrogen-bond donors (Lipinski definition) is 5. The van der Waals surface area contributed by atoms with Gasteiger partial charge in [-0.15, -0.1) is 0 Å². The number of aliphatic hydroxyl groups excluding tert-OH is 2. The van der Waals surface area contributed by atoms with Gasteiger partial charge in [0.15, 0.2) is 52.3 Å². The zero-order valence-corrected chi connectivity index (χ0v) is 29.8. The molecule has 4 atom stereocenters. The molecular weight excluding hydrogens is 694 g/mol. The van der Waals surface area contributed by atoms with Gasteiger partial charge in [0.1, 0.15) is 24.3 Å². The van der Waals surface area contributed by atoms with E-state index in [1.54, 1.807) is 46.0 Å². The molecule has 282 valence electrons. The number of amides is 1. The smallest absolute Gasteiger partial charge is 0.332 e. The van der Waals surface area contributed by atoms with Crippen LogP contribution in [0.3, 0.4) is 0 Å². The Balaban J connectivity index is 1.12. The van der Waals surface area contributed by atoms with E-state index in [4.69, 9.17) is 19.9 Å². The van der Waals surface area contributed by atoms with Crippen LogP contribution in [0.2, 0.25) is 0 Å². The first-order valence-corrected chi connectivity index (χ1v) is 17.0. The number of anilines is 2. The molecule has 6 N–H and O–H groups in total. The second-order valence-corrected chi connectivity index (χ2v) is 12.2. The van der Waals surface area contributed by atoms with Gasteiger partial charge in [-0.1, -0.05) is 6.07 Å². The van der Waals surface area contributed by atoms with Crippen molar-refractivity contribution in [2.75, 3.05) is 37.9 Å². The monoisotopic (exact) mass is 735 g/mol. The summed E-state index contributed by atoms with van der Waals surface area (Å²) in [6.45, 7) is 6.35. The Morgan fingerprint density at radius 2 is 1.77 bits per heavy atom. The number of benzene rings is 1. The number of nitrogens with two attached hydrogens (primary N) is 1. The molecule has 0 spiro atoms. The number of ketones is 1. The number of aryl methyl sites for hydroxylation is 2. The number of fused-ring (bicyclic) bond motifs is 2. The van der Waals surface area contributed by atoms with E-state index in [-0.39, 0.29) is 78.4 Å². The Labute approximate surface area is 301 Å². The highest BCUT2D eigenvalue weighted by atomic mass is 16.6. The number of nitrogens with one attached hydrogen (secondary N) is 2. The molecule has 1 fully saturated rings. The van der Waals surface area contributed by atoms with Gasteiger partial charge in [0.25, 0.3) is 11.5 Å². The summed E-state index contributed by atoms with van der Waals surface area (Å²) < 4.78 is 22.5. The molecule has 1 aliphatic rings. The minimum absolute atomic E-state index is 0.0497. The van der Waals surface area contributed by atoms with Crippen LogP contribution in [0.15, 0.2) is 34.1 Å². The summed E-state index contributed by atoms with van der Waals surface area (Å²) in [5.74, 6) is 0.0906. The number of carbonyl (C=O) groups is 2. The number of imidazole rings is 2. The summed E-state index contributed by atoms with van der Waals surface area (Å²) in [4.78, 5) is 69.0. The molecule has 1 aromatic carbocycles. The van der Waals surface area contributed by atoms with Crippen molar-refractivity contribution in [2.24, 2.45) is 7.05 Å². The molecule has 0 saturated carbocycles. The Kier molecular flexibility index (Phi) is 10.5. The van der Waals surface area contributed by atoms with Crippen molar-refractivity contribution in [2.45, 2.75) is 64.8 Å². The maximum absolute atomic E-state index is 13.4. The molecule has 53 heavy (non-hydrogen) atoms. The van der Waals surface area contributed by atoms with Crippen molar-refractivity contribution < 1.29 is 34.0 Å². The number of aromatic nitrogens is 8. The van der Waals surface area contributed by atoms with Gasteiger partial charge in [0.2, 0.25) is 11.7 Å². The van der Waals surface area contributed by atoms with Gasteiger partial charge in [0.05, 0.1) is 20.0 Å². The van der Waals surface area contributed by atoms with Gasteiger partial charge in [0, 0.05) is 33.1 Å². The number of nitrogens with zero attached hydrogens (tertiary/aromatic N) is 8. The predicted octanol–water partition coefficient (Wildman–Crippen LogP) is -0.661. The second-order valence-electron chi connectivity index (χ2n) is 12.2. The Morgan fingerprint density at radius 1 is 1.02 bits per heavy atom. The molecule has 0 radical (unpaired) electrons. The second kappa shape index (κ2) is 15.0. The van der Waals surface area contributed by atoms with Crippen LogP contribution < -0.4 is 37.1 Å². The van der Waals surface area contributed by atoms with Crippen LogP contribution in [-0.2, 0) is 36.1 Å². The topological polar surface area (TPSA) is 258 Å². The number of nitrogen functional groups attached to an aromatic ring is 1. The average Bonchev–Trinajstić information content (AvgIpc) is 3.81. The molecule has 0 aliphatic carbocycles. The highest BCUT2D eigenvalue weighted by molar-refractivity contribution is 5.97. The molecule has 20 heteroatoms. The van der Waals surface area contributed by atoms with E-state index < -0.39 is 41.7 Å². The summed E-state index contributed by atoms with van der Waals surface area (Å²) in [5, 5.41) is 26.7. The molecule has 20 nitrogen and oxygen atoms in total. The third-order valence-corrected chi connectivity index (χ3v) is 8.93. The van der Waals surface area contributed by atoms with Crippen molar-refractivity contribution in [3.05, 3.63) is 56.8 Å². The van der Waals surface area contributed by atoms with Crippen LogP contribution in [0.5, 0.6) is 11.5 Å². The van der Waals surface area contributed by atoms with Crippen LogP contribution in [0.1, 0.15) is 43.2 Å². The first kappa shape index (κ1) is 36.9. The molecule has 1 aliphatic heterocycles. The summed E-state index contributed by atoms with van der Waals surface area (Å²) in [6.07, 6.45) is -4.11. The largest absolute Gasteiger partial charge is 0.493 e. The lowest BCUT2D eigenvalue weighted by Crippen LogP contribution is -2.42. The quantitative estimate of drug-likeness (QED) is 0.0701. The number of aliphatic hydroxyl groups is 2. The van der Waals surface area contributed by atoms with Crippen molar-refractivity contribution in [1.82, 2.24) is 43.5 Å². The number of Topliss-reactive ketones (excluding diaryl/α,β-unsaturated/α-hetero) is 1. The van der Waals surface area contributed by atoms with Crippen molar-refractivity contribution >= 4 is 45.8 Å². The van der Waals surface area contributed by atoms with E-state index in [0.717, 1.165) is 4.57 Å². The highest BCUT2D eigenvalue weighted by Crippen LogP contribution is 2.33. The van der Waals surface area contributed by atoms with Gasteiger partial charge in [-0.05, 0) is 38.5 Å². The fourth-order valence-corrected chi connectivity index (χ4v) is 6.29. The SMILES string of the molecule is CCNC(=O)[C@H]1O[C@@H](n2cnc3c(N)nc(NCCOc4ccc(CC(=O)c5nc6c(c(=O)n(CC)c(=O)n6CC)n5C)cc4OC)nc32)[C@H](O)[C@@H]1O. The molecule has 6 rings (SSSR count). The summed E-state index contributed by atoms with van der Waals surface area (Å²) in [7, 11) is 3.05. The van der Waals surface area contributed by atoms with Gasteiger partial charge in [-0.3, -0.25) is 28.1 Å². The first-order chi connectivity index (χ1) is 25.4. The molecule has 5 heterocycles. The third kappa shape index (κ3) is 6.66. The number of ether oxygens (including phenoxy) is 3. The van der Waals surface area contributed by atoms with Gasteiger partial charge in [-0.25, -0.2) is 14.8 Å². The first-order valence-electron chi connectivity index (χ1n) is 17.0. The minimum atomic E-state index is -1.48. The van der Waals surface area contributed by atoms with Crippen LogP contribution in [0.25, 0.3) is 22.3 Å². The van der Waals surface area contributed by atoms with Crippen molar-refractivity contribution in [1.29, 1.82) is 0 Å². The maximum Gasteiger partial charge on any atom is 0.332 e. The van der Waals surface area contributed by atoms with E-state index in [9.17, 15) is 29.4 Å². The van der Waals surface area contributed by atoms with Gasteiger partial charge < -0.3 is 45.4 Å². The van der Waals surface area contributed by atoms with E-state index in [0.29, 0.717) is 23.6 Å². The predicted molar refractivity (Wildman–Crippen MR) is 190 cm³/mol. The van der Waals surface area contributed by atoms with Gasteiger partial charge >= 0.3 is 5.69 Å². The lowest BCUT2D eigenvalue weighted by atomic mass is 10.1. The number of hydrogen-bond acceptors (Lipinski definition) is 15. The number of carbonyl (C=O) groups excluding carboxylic acids is 2. The van der Waals surface area contributed by atoms with Crippen molar-refractivity contribution in [3.63, 3.8) is 0 Å². The van der Waals surface area contributed by atoms with Crippen molar-refractivity contribution in [3.8, 4) is 11.5 Å². The molecule has 0 unspecified atom stereocenters. The van der Waals surface area contributed by atoms with E-state index in [1.807, 2.05) is 0 Å². The fourth-order valence-electron chi connectivity index (χ4n) is 6.29. The maximum atomic E-state index is 13.4. The summed E-state index contributed by atoms with van der Waals surface area (Å²) in [6, 6.07) is 5.05. The summed E-state index contributed by atoms with van der Waals surface area (Å²) in [5.41, 5.74) is 6.56. The van der Waals surface area contributed by atoms with E-state index in [2.05, 4.69) is 30.6 Å². The van der Waals surface area contributed by atoms with E-state index >= 15 is 0 Å². The standard InChI is InChI=1S/C33H41N11O9/c1-6-35-29(48)24-22(46)23(47)31(53-24)44-15-37-20-25(34)38-32(40-27(20)44)36-11-12-52-18-10-9-16(14-19(18)51-5)13-17(45)26-39-28-21(41(26)4)30(49)43(8-3)33(50)42(28)7-2/h9-10,14-15,22-24,31,46-47H,6-8,11-13H2,1-5H3,(H,35,48)(H3,34,36,38,40)/t22-,23+,24-,31+/m0/s1. The third-order valence-electron chi connectivity index (χ3n) is 8.93. The molecule has 4 aromatic heterocycles.